The molecular formula is C29H36N6O. The molecule has 36 heavy (non-hydrogen) atoms. The lowest BCUT2D eigenvalue weighted by Crippen LogP contribution is -2.47. The van der Waals surface area contributed by atoms with Gasteiger partial charge in [-0.05, 0) is 40.3 Å². The monoisotopic (exact) mass is 484 g/mol. The summed E-state index contributed by atoms with van der Waals surface area (Å²) < 4.78 is 0. The van der Waals surface area contributed by atoms with Crippen molar-refractivity contribution in [1.29, 1.82) is 5.26 Å². The van der Waals surface area contributed by atoms with Crippen LogP contribution in [0.25, 0.3) is 11.1 Å². The van der Waals surface area contributed by atoms with Gasteiger partial charge in [0.2, 0.25) is 5.95 Å². The fraction of sp³-hybridized carbons (Fsp3) is 0.414. The molecule has 7 heteroatoms. The number of anilines is 2. The van der Waals surface area contributed by atoms with Gasteiger partial charge in [-0.1, -0.05) is 57.2 Å². The number of aliphatic hydroxyl groups is 1. The normalized spacial score (nSPS) is 14.5. The fourth-order valence-corrected chi connectivity index (χ4v) is 4.59. The van der Waals surface area contributed by atoms with E-state index in [1.807, 2.05) is 0 Å². The molecule has 1 aliphatic heterocycles. The van der Waals surface area contributed by atoms with Gasteiger partial charge >= 0.3 is 0 Å². The minimum Gasteiger partial charge on any atom is -0.395 e. The van der Waals surface area contributed by atoms with Crippen molar-refractivity contribution in [3.05, 3.63) is 72.1 Å². The molecule has 0 radical (unpaired) electrons. The largest absolute Gasteiger partial charge is 0.395 e. The summed E-state index contributed by atoms with van der Waals surface area (Å²) in [5, 5.41) is 18.4. The van der Waals surface area contributed by atoms with Crippen LogP contribution >= 0.6 is 0 Å². The first-order valence-electron chi connectivity index (χ1n) is 12.6. The summed E-state index contributed by atoms with van der Waals surface area (Å²) in [6, 6.07) is 21.2. The van der Waals surface area contributed by atoms with Crippen LogP contribution in [0.4, 0.5) is 11.6 Å². The highest BCUT2D eigenvalue weighted by atomic mass is 16.3. The summed E-state index contributed by atoms with van der Waals surface area (Å²) in [5.41, 5.74) is 5.23. The van der Waals surface area contributed by atoms with Crippen molar-refractivity contribution >= 4 is 11.6 Å². The summed E-state index contributed by atoms with van der Waals surface area (Å²) in [6.45, 7) is 13.0. The molecule has 0 saturated carbocycles. The van der Waals surface area contributed by atoms with Gasteiger partial charge in [0.05, 0.1) is 6.61 Å². The van der Waals surface area contributed by atoms with Crippen LogP contribution in [0.3, 0.4) is 0 Å². The van der Waals surface area contributed by atoms with E-state index in [9.17, 15) is 5.26 Å². The van der Waals surface area contributed by atoms with E-state index in [0.29, 0.717) is 18.2 Å². The summed E-state index contributed by atoms with van der Waals surface area (Å²) >= 11 is 0. The lowest BCUT2D eigenvalue weighted by atomic mass is 9.96. The molecule has 1 saturated heterocycles. The van der Waals surface area contributed by atoms with Crippen molar-refractivity contribution in [3.63, 3.8) is 0 Å². The summed E-state index contributed by atoms with van der Waals surface area (Å²) in [4.78, 5) is 15.7. The van der Waals surface area contributed by atoms with Gasteiger partial charge in [-0.15, -0.1) is 0 Å². The van der Waals surface area contributed by atoms with Gasteiger partial charge in [-0.2, -0.15) is 5.26 Å². The first-order valence-corrected chi connectivity index (χ1v) is 12.6. The fourth-order valence-electron chi connectivity index (χ4n) is 4.59. The molecule has 4 rings (SSSR count). The maximum atomic E-state index is 9.25. The number of aliphatic hydroxyl groups excluding tert-OH is 1. The third-order valence-electron chi connectivity index (χ3n) is 6.39. The quantitative estimate of drug-likeness (QED) is 0.514. The van der Waals surface area contributed by atoms with E-state index in [0.717, 1.165) is 39.3 Å². The molecule has 7 nitrogen and oxygen atoms in total. The molecule has 1 aromatic heterocycles. The third-order valence-corrected chi connectivity index (χ3v) is 6.39. The SMILES string of the molecule is CC(C)(C)CN(Cc1ccc(-c2ccc(N3CCN(CCO)CC3)cc2)cc1)c1nccc(C#N)n1. The van der Waals surface area contributed by atoms with E-state index in [1.54, 1.807) is 12.3 Å². The predicted octanol–water partition coefficient (Wildman–Crippen LogP) is 4.18. The first-order chi connectivity index (χ1) is 17.3. The topological polar surface area (TPSA) is 79.5 Å². The number of aromatic nitrogens is 2. The standard InChI is InChI=1S/C29H36N6O/c1-29(2,3)22-35(28-31-13-12-26(20-30)32-28)21-23-4-6-24(7-5-23)25-8-10-27(11-9-25)34-16-14-33(15-17-34)18-19-36/h4-13,36H,14-19,21-22H2,1-3H3. The highest BCUT2D eigenvalue weighted by Gasteiger charge is 2.20. The number of β-amino-alcohol motifs (C(OH)–C–C–N with tert-alkyl or cyclic N) is 1. The Balaban J connectivity index is 1.43. The number of hydrogen-bond donors (Lipinski definition) is 1. The van der Waals surface area contributed by atoms with Crippen molar-refractivity contribution in [2.24, 2.45) is 5.41 Å². The van der Waals surface area contributed by atoms with Gasteiger partial charge in [0.25, 0.3) is 0 Å². The Morgan fingerprint density at radius 2 is 1.58 bits per heavy atom. The van der Waals surface area contributed by atoms with Gasteiger partial charge < -0.3 is 14.9 Å². The van der Waals surface area contributed by atoms with Gasteiger partial charge in [0.1, 0.15) is 11.8 Å². The van der Waals surface area contributed by atoms with Crippen LogP contribution in [-0.2, 0) is 6.54 Å². The van der Waals surface area contributed by atoms with E-state index in [1.165, 1.54) is 22.4 Å². The Morgan fingerprint density at radius 1 is 0.944 bits per heavy atom. The van der Waals surface area contributed by atoms with Gasteiger partial charge in [-0.3, -0.25) is 4.90 Å². The summed E-state index contributed by atoms with van der Waals surface area (Å²) in [6.07, 6.45) is 1.65. The Morgan fingerprint density at radius 3 is 2.17 bits per heavy atom. The number of benzene rings is 2. The molecule has 1 aliphatic rings. The number of nitriles is 1. The van der Waals surface area contributed by atoms with Crippen LogP contribution in [0, 0.1) is 16.7 Å². The minimum absolute atomic E-state index is 0.0547. The second-order valence-corrected chi connectivity index (χ2v) is 10.6. The second kappa shape index (κ2) is 11.5. The molecule has 0 unspecified atom stereocenters. The average Bonchev–Trinajstić information content (AvgIpc) is 2.89. The molecule has 0 bridgehead atoms. The van der Waals surface area contributed by atoms with Crippen LogP contribution in [0.2, 0.25) is 0 Å². The molecular weight excluding hydrogens is 448 g/mol. The van der Waals surface area contributed by atoms with Crippen molar-refractivity contribution < 1.29 is 5.11 Å². The number of piperazine rings is 1. The molecule has 0 aliphatic carbocycles. The van der Waals surface area contributed by atoms with E-state index >= 15 is 0 Å². The van der Waals surface area contributed by atoms with Crippen LogP contribution in [0.15, 0.2) is 60.8 Å². The van der Waals surface area contributed by atoms with Crippen LogP contribution < -0.4 is 9.80 Å². The van der Waals surface area contributed by atoms with E-state index < -0.39 is 0 Å². The highest BCUT2D eigenvalue weighted by Crippen LogP contribution is 2.26. The van der Waals surface area contributed by atoms with E-state index in [-0.39, 0.29) is 12.0 Å². The molecule has 0 spiro atoms. The maximum Gasteiger partial charge on any atom is 0.226 e. The molecule has 1 N–H and O–H groups in total. The van der Waals surface area contributed by atoms with Gasteiger partial charge in [-0.25, -0.2) is 9.97 Å². The van der Waals surface area contributed by atoms with E-state index in [4.69, 9.17) is 5.11 Å². The smallest absolute Gasteiger partial charge is 0.226 e. The average molecular weight is 485 g/mol. The van der Waals surface area contributed by atoms with Crippen LogP contribution in [0.1, 0.15) is 32.0 Å². The van der Waals surface area contributed by atoms with Gasteiger partial charge in [0, 0.05) is 57.7 Å². The Hall–Kier alpha value is -3.47. The molecule has 0 atom stereocenters. The first kappa shape index (κ1) is 25.6. The van der Waals surface area contributed by atoms with E-state index in [2.05, 4.69) is 100 Å². The van der Waals surface area contributed by atoms with Crippen LogP contribution in [0.5, 0.6) is 0 Å². The summed E-state index contributed by atoms with van der Waals surface area (Å²) in [5.74, 6) is 0.584. The van der Waals surface area contributed by atoms with Crippen molar-refractivity contribution in [1.82, 2.24) is 14.9 Å². The third kappa shape index (κ3) is 6.81. The molecule has 188 valence electrons. The Bertz CT molecular complexity index is 1160. The minimum atomic E-state index is 0.0547. The number of rotatable bonds is 8. The molecule has 2 heterocycles. The lowest BCUT2D eigenvalue weighted by Gasteiger charge is -2.35. The maximum absolute atomic E-state index is 9.25. The molecule has 3 aromatic rings. The molecule has 2 aromatic carbocycles. The van der Waals surface area contributed by atoms with Crippen molar-refractivity contribution in [2.45, 2.75) is 27.3 Å². The van der Waals surface area contributed by atoms with Crippen molar-refractivity contribution in [2.75, 3.05) is 55.7 Å². The zero-order valence-electron chi connectivity index (χ0n) is 21.6. The zero-order chi connectivity index (χ0) is 25.5. The second-order valence-electron chi connectivity index (χ2n) is 10.6. The molecule has 1 fully saturated rings. The zero-order valence-corrected chi connectivity index (χ0v) is 21.6. The predicted molar refractivity (Wildman–Crippen MR) is 145 cm³/mol. The summed E-state index contributed by atoms with van der Waals surface area (Å²) in [7, 11) is 0. The van der Waals surface area contributed by atoms with Crippen LogP contribution in [-0.4, -0.2) is 65.8 Å². The Kier molecular flexibility index (Phi) is 8.19. The number of hydrogen-bond acceptors (Lipinski definition) is 7. The lowest BCUT2D eigenvalue weighted by molar-refractivity contribution is 0.189. The highest BCUT2D eigenvalue weighted by molar-refractivity contribution is 5.66. The molecule has 0 amide bonds. The number of nitrogens with zero attached hydrogens (tertiary/aromatic N) is 6. The van der Waals surface area contributed by atoms with Gasteiger partial charge in [0.15, 0.2) is 0 Å². The Labute approximate surface area is 214 Å². The van der Waals surface area contributed by atoms with Crippen molar-refractivity contribution in [3.8, 4) is 17.2 Å².